The molecule has 11 heteroatoms. The van der Waals surface area contributed by atoms with Gasteiger partial charge in [-0.15, -0.1) is 10.2 Å². The first-order valence-corrected chi connectivity index (χ1v) is 12.1. The molecule has 184 valence electrons. The second-order valence-electron chi connectivity index (χ2n) is 9.39. The molecule has 3 aromatic heterocycles. The lowest BCUT2D eigenvalue weighted by Gasteiger charge is -2.32. The number of benzene rings is 2. The van der Waals surface area contributed by atoms with Gasteiger partial charge < -0.3 is 20.1 Å². The number of fused-ring (bicyclic) bond motifs is 2. The van der Waals surface area contributed by atoms with Crippen LogP contribution in [0, 0.1) is 6.92 Å². The number of aromatic nitrogens is 6. The van der Waals surface area contributed by atoms with Crippen LogP contribution in [0.5, 0.6) is 11.6 Å². The molecular formula is C26H23N9O2. The van der Waals surface area contributed by atoms with Gasteiger partial charge in [-0.1, -0.05) is 0 Å². The minimum Gasteiger partial charge on any atom is -0.462 e. The van der Waals surface area contributed by atoms with Crippen LogP contribution in [0.25, 0.3) is 16.6 Å². The number of anilines is 3. The largest absolute Gasteiger partial charge is 0.462 e. The van der Waals surface area contributed by atoms with Crippen LogP contribution in [0.3, 0.4) is 0 Å². The van der Waals surface area contributed by atoms with Crippen LogP contribution in [0.1, 0.15) is 24.8 Å². The highest BCUT2D eigenvalue weighted by atomic mass is 16.5. The van der Waals surface area contributed by atoms with Gasteiger partial charge in [0, 0.05) is 22.8 Å². The minimum atomic E-state index is -0.0118. The molecule has 0 saturated heterocycles. The summed E-state index contributed by atoms with van der Waals surface area (Å²) in [6.45, 7) is 2.64. The first kappa shape index (κ1) is 21.5. The minimum absolute atomic E-state index is 0.0118. The quantitative estimate of drug-likeness (QED) is 0.360. The Labute approximate surface area is 211 Å². The van der Waals surface area contributed by atoms with Gasteiger partial charge in [0.1, 0.15) is 42.7 Å². The standard InChI is InChI=1S/C26H23N9O2/c1-16-9-17(4-6-21(16)37-23-11-22-34-30-15-35(22)14-29-23)31-24-19-10-18(3-5-20(19)27-13-28-24)32-25-33-26(12-36-25)7-2-8-26/h3-6,9-11,13-15H,2,7-8,12H2,1H3,(H,32,33)(H,27,28,31). The molecule has 1 fully saturated rings. The SMILES string of the molecule is Cc1cc(Nc2ncnc3ccc(NC4=NC5(CCC5)CO4)cc23)ccc1Oc1cc2nncn2cn1. The van der Waals surface area contributed by atoms with Crippen molar-refractivity contribution in [3.8, 4) is 11.6 Å². The lowest BCUT2D eigenvalue weighted by molar-refractivity contribution is 0.175. The molecule has 37 heavy (non-hydrogen) atoms. The smallest absolute Gasteiger partial charge is 0.289 e. The van der Waals surface area contributed by atoms with Crippen molar-refractivity contribution in [2.75, 3.05) is 17.2 Å². The molecule has 5 aromatic rings. The zero-order chi connectivity index (χ0) is 24.8. The van der Waals surface area contributed by atoms with E-state index in [1.165, 1.54) is 6.42 Å². The van der Waals surface area contributed by atoms with Gasteiger partial charge in [-0.05, 0) is 68.1 Å². The van der Waals surface area contributed by atoms with E-state index in [1.807, 2.05) is 43.3 Å². The second-order valence-corrected chi connectivity index (χ2v) is 9.39. The summed E-state index contributed by atoms with van der Waals surface area (Å²) in [4.78, 5) is 18.0. The third-order valence-electron chi connectivity index (χ3n) is 6.80. The summed E-state index contributed by atoms with van der Waals surface area (Å²) in [6.07, 6.45) is 8.16. The Kier molecular flexibility index (Phi) is 4.88. The Morgan fingerprint density at radius 2 is 1.86 bits per heavy atom. The number of aryl methyl sites for hydroxylation is 1. The molecule has 11 nitrogen and oxygen atoms in total. The summed E-state index contributed by atoms with van der Waals surface area (Å²) in [7, 11) is 0. The van der Waals surface area contributed by atoms with Gasteiger partial charge in [0.15, 0.2) is 5.65 Å². The number of hydrogen-bond acceptors (Lipinski definition) is 10. The molecule has 2 N–H and O–H groups in total. The van der Waals surface area contributed by atoms with Crippen molar-refractivity contribution in [2.24, 2.45) is 4.99 Å². The molecule has 0 radical (unpaired) electrons. The molecule has 2 aromatic carbocycles. The maximum atomic E-state index is 5.99. The van der Waals surface area contributed by atoms with Gasteiger partial charge in [-0.2, -0.15) is 0 Å². The molecule has 1 aliphatic carbocycles. The maximum Gasteiger partial charge on any atom is 0.289 e. The zero-order valence-electron chi connectivity index (χ0n) is 20.0. The average Bonchev–Trinajstić information content (AvgIpc) is 3.53. The predicted octanol–water partition coefficient (Wildman–Crippen LogP) is 4.63. The Bertz CT molecular complexity index is 1680. The molecule has 1 saturated carbocycles. The third-order valence-corrected chi connectivity index (χ3v) is 6.80. The van der Waals surface area contributed by atoms with Crippen LogP contribution >= 0.6 is 0 Å². The second kappa shape index (κ2) is 8.40. The van der Waals surface area contributed by atoms with E-state index in [9.17, 15) is 0 Å². The van der Waals surface area contributed by atoms with Crippen molar-refractivity contribution in [3.05, 3.63) is 67.0 Å². The fourth-order valence-electron chi connectivity index (χ4n) is 4.60. The van der Waals surface area contributed by atoms with Gasteiger partial charge in [0.2, 0.25) is 5.88 Å². The fourth-order valence-corrected chi connectivity index (χ4v) is 4.60. The van der Waals surface area contributed by atoms with Crippen LogP contribution in [0.15, 0.2) is 66.4 Å². The van der Waals surface area contributed by atoms with E-state index in [2.05, 4.69) is 35.8 Å². The van der Waals surface area contributed by atoms with Crippen molar-refractivity contribution < 1.29 is 9.47 Å². The Morgan fingerprint density at radius 3 is 2.70 bits per heavy atom. The summed E-state index contributed by atoms with van der Waals surface area (Å²) in [5.41, 5.74) is 4.17. The highest BCUT2D eigenvalue weighted by Gasteiger charge is 2.42. The maximum absolute atomic E-state index is 5.99. The van der Waals surface area contributed by atoms with E-state index in [-0.39, 0.29) is 5.54 Å². The molecular weight excluding hydrogens is 470 g/mol. The molecule has 2 aliphatic rings. The first-order valence-electron chi connectivity index (χ1n) is 12.1. The van der Waals surface area contributed by atoms with Gasteiger partial charge in [-0.25, -0.2) is 19.9 Å². The molecule has 7 rings (SSSR count). The zero-order valence-corrected chi connectivity index (χ0v) is 20.0. The van der Waals surface area contributed by atoms with E-state index in [4.69, 9.17) is 14.5 Å². The van der Waals surface area contributed by atoms with E-state index in [1.54, 1.807) is 29.4 Å². The summed E-state index contributed by atoms with van der Waals surface area (Å²) in [5.74, 6) is 1.85. The highest BCUT2D eigenvalue weighted by molar-refractivity contribution is 5.97. The number of nitrogens with zero attached hydrogens (tertiary/aromatic N) is 7. The molecule has 0 atom stereocenters. The molecule has 0 amide bonds. The Balaban J connectivity index is 1.12. The van der Waals surface area contributed by atoms with Crippen LogP contribution in [0.4, 0.5) is 17.2 Å². The van der Waals surface area contributed by atoms with Crippen molar-refractivity contribution >= 4 is 39.8 Å². The summed E-state index contributed by atoms with van der Waals surface area (Å²) in [6, 6.07) is 14.1. The van der Waals surface area contributed by atoms with Gasteiger partial charge >= 0.3 is 0 Å². The van der Waals surface area contributed by atoms with Crippen LogP contribution in [-0.4, -0.2) is 47.7 Å². The summed E-state index contributed by atoms with van der Waals surface area (Å²) >= 11 is 0. The Morgan fingerprint density at radius 1 is 0.973 bits per heavy atom. The number of hydrogen-bond donors (Lipinski definition) is 2. The number of aliphatic imine (C=N–C) groups is 1. The number of rotatable bonds is 5. The van der Waals surface area contributed by atoms with Gasteiger partial charge in [0.05, 0.1) is 5.52 Å². The summed E-state index contributed by atoms with van der Waals surface area (Å²) in [5, 5.41) is 15.5. The monoisotopic (exact) mass is 493 g/mol. The lowest BCUT2D eigenvalue weighted by Crippen LogP contribution is -2.36. The van der Waals surface area contributed by atoms with E-state index >= 15 is 0 Å². The lowest BCUT2D eigenvalue weighted by atomic mass is 9.78. The van der Waals surface area contributed by atoms with E-state index in [0.29, 0.717) is 35.7 Å². The van der Waals surface area contributed by atoms with Crippen LogP contribution in [-0.2, 0) is 4.74 Å². The summed E-state index contributed by atoms with van der Waals surface area (Å²) < 4.78 is 13.5. The van der Waals surface area contributed by atoms with Gasteiger partial charge in [-0.3, -0.25) is 4.40 Å². The normalized spacial score (nSPS) is 15.9. The molecule has 0 unspecified atom stereocenters. The van der Waals surface area contributed by atoms with Crippen molar-refractivity contribution in [2.45, 2.75) is 31.7 Å². The van der Waals surface area contributed by atoms with Gasteiger partial charge in [0.25, 0.3) is 6.02 Å². The highest BCUT2D eigenvalue weighted by Crippen LogP contribution is 2.39. The predicted molar refractivity (Wildman–Crippen MR) is 138 cm³/mol. The number of amidine groups is 1. The number of ether oxygens (including phenoxy) is 2. The van der Waals surface area contributed by atoms with Crippen LogP contribution < -0.4 is 15.4 Å². The van der Waals surface area contributed by atoms with Crippen molar-refractivity contribution in [3.63, 3.8) is 0 Å². The third kappa shape index (κ3) is 4.03. The fraction of sp³-hybridized carbons (Fsp3) is 0.231. The van der Waals surface area contributed by atoms with Crippen molar-refractivity contribution in [1.82, 2.24) is 29.5 Å². The molecule has 1 aliphatic heterocycles. The molecule has 4 heterocycles. The van der Waals surface area contributed by atoms with Crippen LogP contribution in [0.2, 0.25) is 0 Å². The van der Waals surface area contributed by atoms with E-state index < -0.39 is 0 Å². The van der Waals surface area contributed by atoms with Crippen molar-refractivity contribution in [1.29, 1.82) is 0 Å². The Hall–Kier alpha value is -4.80. The number of nitrogens with one attached hydrogen (secondary N) is 2. The van der Waals surface area contributed by atoms with E-state index in [0.717, 1.165) is 40.7 Å². The molecule has 0 bridgehead atoms. The average molecular weight is 494 g/mol. The molecule has 1 spiro atoms. The topological polar surface area (TPSA) is 124 Å². The first-order chi connectivity index (χ1) is 18.1.